The molecule has 2 rings (SSSR count). The molecule has 0 bridgehead atoms. The molecule has 0 aliphatic heterocycles. The molecule has 0 spiro atoms. The molecule has 0 aliphatic carbocycles. The van der Waals surface area contributed by atoms with Crippen LogP contribution in [0.1, 0.15) is 18.5 Å². The minimum Gasteiger partial charge on any atom is -0.508 e. The maximum Gasteiger partial charge on any atom is 0.238 e. The van der Waals surface area contributed by atoms with Crippen molar-refractivity contribution in [2.75, 3.05) is 5.32 Å². The zero-order chi connectivity index (χ0) is 15.6. The Kier molecular flexibility index (Phi) is 4.06. The van der Waals surface area contributed by atoms with Gasteiger partial charge in [0.1, 0.15) is 11.5 Å². The summed E-state index contributed by atoms with van der Waals surface area (Å²) in [5, 5.41) is 27.1. The SMILES string of the molecule is CC(Nc1cccc(S(N)(=O)=O)c1)c1cc(O)cc(O)c1. The predicted molar refractivity (Wildman–Crippen MR) is 79.6 cm³/mol. The molecule has 0 aliphatic rings. The average molecular weight is 308 g/mol. The van der Waals surface area contributed by atoms with Crippen molar-refractivity contribution in [3.63, 3.8) is 0 Å². The number of anilines is 1. The molecule has 0 aromatic heterocycles. The van der Waals surface area contributed by atoms with Gasteiger partial charge in [-0.25, -0.2) is 13.6 Å². The quantitative estimate of drug-likeness (QED) is 0.689. The summed E-state index contributed by atoms with van der Waals surface area (Å²) in [7, 11) is -3.76. The fraction of sp³-hybridized carbons (Fsp3) is 0.143. The summed E-state index contributed by atoms with van der Waals surface area (Å²) < 4.78 is 22.6. The van der Waals surface area contributed by atoms with Crippen molar-refractivity contribution in [3.05, 3.63) is 48.0 Å². The Morgan fingerprint density at radius 2 is 1.71 bits per heavy atom. The number of hydrogen-bond acceptors (Lipinski definition) is 5. The lowest BCUT2D eigenvalue weighted by atomic mass is 10.1. The standard InChI is InChI=1S/C14H16N2O4S/c1-9(10-5-12(17)8-13(18)6-10)16-11-3-2-4-14(7-11)21(15,19)20/h2-9,16-18H,1H3,(H2,15,19,20). The minimum absolute atomic E-state index is 0.0125. The van der Waals surface area contributed by atoms with Crippen LogP contribution < -0.4 is 10.5 Å². The van der Waals surface area contributed by atoms with Gasteiger partial charge in [-0.05, 0) is 42.8 Å². The van der Waals surface area contributed by atoms with Crippen LogP contribution in [0.2, 0.25) is 0 Å². The molecule has 2 aromatic rings. The van der Waals surface area contributed by atoms with Crippen molar-refractivity contribution < 1.29 is 18.6 Å². The highest BCUT2D eigenvalue weighted by atomic mass is 32.2. The fourth-order valence-corrected chi connectivity index (χ4v) is 2.52. The number of hydrogen-bond donors (Lipinski definition) is 4. The van der Waals surface area contributed by atoms with E-state index in [4.69, 9.17) is 5.14 Å². The van der Waals surface area contributed by atoms with Crippen LogP contribution in [-0.2, 0) is 10.0 Å². The lowest BCUT2D eigenvalue weighted by Crippen LogP contribution is -2.13. The fourth-order valence-electron chi connectivity index (χ4n) is 1.96. The van der Waals surface area contributed by atoms with Crippen LogP contribution in [0.3, 0.4) is 0 Å². The van der Waals surface area contributed by atoms with Crippen molar-refractivity contribution in [1.82, 2.24) is 0 Å². The Morgan fingerprint density at radius 1 is 1.10 bits per heavy atom. The van der Waals surface area contributed by atoms with Crippen molar-refractivity contribution >= 4 is 15.7 Å². The number of aromatic hydroxyl groups is 2. The number of phenols is 2. The molecule has 1 unspecified atom stereocenters. The number of rotatable bonds is 4. The Bertz CT molecular complexity index is 739. The van der Waals surface area contributed by atoms with Gasteiger partial charge in [0.25, 0.3) is 0 Å². The highest BCUT2D eigenvalue weighted by Crippen LogP contribution is 2.27. The maximum absolute atomic E-state index is 11.3. The van der Waals surface area contributed by atoms with E-state index in [1.165, 1.54) is 30.3 Å². The van der Waals surface area contributed by atoms with Gasteiger partial charge in [0.05, 0.1) is 4.90 Å². The van der Waals surface area contributed by atoms with Gasteiger partial charge in [-0.15, -0.1) is 0 Å². The molecule has 0 saturated carbocycles. The minimum atomic E-state index is -3.76. The Morgan fingerprint density at radius 3 is 2.29 bits per heavy atom. The van der Waals surface area contributed by atoms with Crippen molar-refractivity contribution in [2.45, 2.75) is 17.9 Å². The van der Waals surface area contributed by atoms with Crippen molar-refractivity contribution in [1.29, 1.82) is 0 Å². The highest BCUT2D eigenvalue weighted by Gasteiger charge is 2.11. The van der Waals surface area contributed by atoms with Crippen LogP contribution in [0.25, 0.3) is 0 Å². The van der Waals surface area contributed by atoms with Gasteiger partial charge in [-0.1, -0.05) is 6.07 Å². The third kappa shape index (κ3) is 3.87. The van der Waals surface area contributed by atoms with Gasteiger partial charge in [0.15, 0.2) is 0 Å². The topological polar surface area (TPSA) is 113 Å². The molecule has 6 nitrogen and oxygen atoms in total. The van der Waals surface area contributed by atoms with E-state index in [1.807, 2.05) is 6.92 Å². The second kappa shape index (κ2) is 5.63. The largest absolute Gasteiger partial charge is 0.508 e. The molecule has 0 amide bonds. The Balaban J connectivity index is 2.25. The third-order valence-corrected chi connectivity index (χ3v) is 3.88. The molecule has 0 saturated heterocycles. The van der Waals surface area contributed by atoms with Crippen LogP contribution in [0.4, 0.5) is 5.69 Å². The monoisotopic (exact) mass is 308 g/mol. The van der Waals surface area contributed by atoms with Gasteiger partial charge >= 0.3 is 0 Å². The maximum atomic E-state index is 11.3. The smallest absolute Gasteiger partial charge is 0.238 e. The summed E-state index contributed by atoms with van der Waals surface area (Å²) in [5.74, 6) is -0.0890. The first-order chi connectivity index (χ1) is 9.75. The van der Waals surface area contributed by atoms with Gasteiger partial charge in [0, 0.05) is 17.8 Å². The first-order valence-corrected chi connectivity index (χ1v) is 7.72. The second-order valence-electron chi connectivity index (χ2n) is 4.72. The molecular formula is C14H16N2O4S. The summed E-state index contributed by atoms with van der Waals surface area (Å²) in [5.41, 5.74) is 1.23. The van der Waals surface area contributed by atoms with Crippen molar-refractivity contribution in [3.8, 4) is 11.5 Å². The van der Waals surface area contributed by atoms with Gasteiger partial charge in [-0.2, -0.15) is 0 Å². The predicted octanol–water partition coefficient (Wildman–Crippen LogP) is 1.92. The summed E-state index contributed by atoms with van der Waals surface area (Å²) >= 11 is 0. The van der Waals surface area contributed by atoms with E-state index in [9.17, 15) is 18.6 Å². The molecule has 7 heteroatoms. The molecule has 2 aromatic carbocycles. The van der Waals surface area contributed by atoms with Gasteiger partial charge in [-0.3, -0.25) is 0 Å². The molecule has 5 N–H and O–H groups in total. The van der Waals surface area contributed by atoms with E-state index in [1.54, 1.807) is 12.1 Å². The summed E-state index contributed by atoms with van der Waals surface area (Å²) in [6.07, 6.45) is 0. The number of nitrogens with two attached hydrogens (primary N) is 1. The zero-order valence-electron chi connectivity index (χ0n) is 11.3. The van der Waals surface area contributed by atoms with E-state index in [0.29, 0.717) is 11.3 Å². The highest BCUT2D eigenvalue weighted by molar-refractivity contribution is 7.89. The number of benzene rings is 2. The van der Waals surface area contributed by atoms with Crippen LogP contribution >= 0.6 is 0 Å². The summed E-state index contributed by atoms with van der Waals surface area (Å²) in [6, 6.07) is 10.1. The number of primary sulfonamides is 1. The third-order valence-electron chi connectivity index (χ3n) is 2.97. The Hall–Kier alpha value is -2.25. The number of phenolic OH excluding ortho intramolecular Hbond substituents is 2. The second-order valence-corrected chi connectivity index (χ2v) is 6.28. The van der Waals surface area contributed by atoms with Gasteiger partial charge < -0.3 is 15.5 Å². The lowest BCUT2D eigenvalue weighted by molar-refractivity contribution is 0.448. The van der Waals surface area contributed by atoms with Crippen molar-refractivity contribution in [2.24, 2.45) is 5.14 Å². The molecule has 0 fully saturated rings. The molecule has 0 radical (unpaired) electrons. The molecule has 21 heavy (non-hydrogen) atoms. The van der Waals surface area contributed by atoms with Gasteiger partial charge in [0.2, 0.25) is 10.0 Å². The van der Waals surface area contributed by atoms with Crippen LogP contribution in [0.5, 0.6) is 11.5 Å². The van der Waals surface area contributed by atoms with Crippen LogP contribution in [0, 0.1) is 0 Å². The number of sulfonamides is 1. The van der Waals surface area contributed by atoms with E-state index >= 15 is 0 Å². The summed E-state index contributed by atoms with van der Waals surface area (Å²) in [6.45, 7) is 1.82. The average Bonchev–Trinajstić information content (AvgIpc) is 2.37. The van der Waals surface area contributed by atoms with Crippen LogP contribution in [0.15, 0.2) is 47.4 Å². The van der Waals surface area contributed by atoms with E-state index in [0.717, 1.165) is 0 Å². The van der Waals surface area contributed by atoms with E-state index < -0.39 is 10.0 Å². The molecule has 1 atom stereocenters. The zero-order valence-corrected chi connectivity index (χ0v) is 12.1. The number of nitrogens with one attached hydrogen (secondary N) is 1. The summed E-state index contributed by atoms with van der Waals surface area (Å²) in [4.78, 5) is 0.0125. The normalized spacial score (nSPS) is 12.9. The first kappa shape index (κ1) is 15.1. The van der Waals surface area contributed by atoms with Crippen LogP contribution in [-0.4, -0.2) is 18.6 Å². The van der Waals surface area contributed by atoms with E-state index in [2.05, 4.69) is 5.32 Å². The first-order valence-electron chi connectivity index (χ1n) is 6.18. The van der Waals surface area contributed by atoms with E-state index in [-0.39, 0.29) is 22.4 Å². The molecule has 0 heterocycles. The Labute approximate surface area is 122 Å². The lowest BCUT2D eigenvalue weighted by Gasteiger charge is -2.16. The molecular weight excluding hydrogens is 292 g/mol. The molecule has 112 valence electrons.